The number of hydrogen-bond donors (Lipinski definition) is 1. The molecule has 1 heterocycles. The first kappa shape index (κ1) is 13.5. The number of para-hydroxylation sites is 2. The number of benzene rings is 2. The Morgan fingerprint density at radius 2 is 1.70 bits per heavy atom. The van der Waals surface area contributed by atoms with Gasteiger partial charge in [-0.3, -0.25) is 0 Å². The lowest BCUT2D eigenvalue weighted by Gasteiger charge is -2.17. The first-order chi connectivity index (χ1) is 9.74. The number of thioether (sulfide) groups is 1. The van der Waals surface area contributed by atoms with E-state index < -0.39 is 0 Å². The van der Waals surface area contributed by atoms with Gasteiger partial charge >= 0.3 is 0 Å². The van der Waals surface area contributed by atoms with Crippen LogP contribution in [0.2, 0.25) is 0 Å². The number of hydrogen-bond acceptors (Lipinski definition) is 2. The molecule has 0 spiro atoms. The number of nitrogens with one attached hydrogen (secondary N) is 1. The van der Waals surface area contributed by atoms with E-state index in [-0.39, 0.29) is 0 Å². The molecule has 1 aliphatic rings. The smallest absolute Gasteiger partial charge is 0.141 e. The average molecular weight is 286 g/mol. The zero-order chi connectivity index (χ0) is 13.9. The molecule has 104 valence electrons. The third-order valence-corrected chi connectivity index (χ3v) is 4.88. The van der Waals surface area contributed by atoms with Gasteiger partial charge in [-0.15, -0.1) is 11.8 Å². The van der Waals surface area contributed by atoms with Gasteiger partial charge in [0.1, 0.15) is 11.5 Å². The van der Waals surface area contributed by atoms with E-state index in [0.717, 1.165) is 24.5 Å². The molecule has 0 fully saturated rings. The highest BCUT2D eigenvalue weighted by Crippen LogP contribution is 2.49. The van der Waals surface area contributed by atoms with E-state index in [2.05, 4.69) is 50.5 Å². The van der Waals surface area contributed by atoms with E-state index >= 15 is 0 Å². The first-order valence-corrected chi connectivity index (χ1v) is 7.93. The predicted molar refractivity (Wildman–Crippen MR) is 83.9 cm³/mol. The molecule has 2 aromatic carbocycles. The lowest BCUT2D eigenvalue weighted by Crippen LogP contribution is -3.05. The molecule has 0 aromatic heterocycles. The highest BCUT2D eigenvalue weighted by atomic mass is 32.2. The van der Waals surface area contributed by atoms with Gasteiger partial charge in [0.15, 0.2) is 0 Å². The second-order valence-electron chi connectivity index (χ2n) is 5.44. The van der Waals surface area contributed by atoms with Gasteiger partial charge in [0.2, 0.25) is 0 Å². The van der Waals surface area contributed by atoms with Crippen molar-refractivity contribution in [3.8, 4) is 11.5 Å². The Kier molecular flexibility index (Phi) is 3.99. The SMILES string of the molecule is C[NH+](C)CC[C@@H]1Sc2ccccc2Oc2ccccc21. The summed E-state index contributed by atoms with van der Waals surface area (Å²) in [5.41, 5.74) is 1.31. The molecule has 0 amide bonds. The van der Waals surface area contributed by atoms with Crippen LogP contribution in [0.3, 0.4) is 0 Å². The van der Waals surface area contributed by atoms with E-state index in [1.165, 1.54) is 15.4 Å². The van der Waals surface area contributed by atoms with Crippen molar-refractivity contribution in [3.05, 3.63) is 54.1 Å². The normalized spacial score (nSPS) is 17.1. The average Bonchev–Trinajstić information content (AvgIpc) is 2.61. The topological polar surface area (TPSA) is 13.7 Å². The molecule has 0 unspecified atom stereocenters. The molecule has 0 saturated heterocycles. The maximum atomic E-state index is 6.11. The summed E-state index contributed by atoms with van der Waals surface area (Å²) in [6.45, 7) is 1.16. The largest absolute Gasteiger partial charge is 0.456 e. The quantitative estimate of drug-likeness (QED) is 0.931. The fraction of sp³-hybridized carbons (Fsp3) is 0.294. The molecular formula is C17H20NOS+. The Bertz CT molecular complexity index is 597. The molecular weight excluding hydrogens is 266 g/mol. The van der Waals surface area contributed by atoms with Gasteiger partial charge in [0, 0.05) is 17.2 Å². The van der Waals surface area contributed by atoms with Crippen molar-refractivity contribution in [2.45, 2.75) is 16.6 Å². The third-order valence-electron chi connectivity index (χ3n) is 3.51. The van der Waals surface area contributed by atoms with E-state index in [4.69, 9.17) is 4.74 Å². The Morgan fingerprint density at radius 3 is 2.50 bits per heavy atom. The second-order valence-corrected chi connectivity index (χ2v) is 6.68. The Morgan fingerprint density at radius 1 is 1.00 bits per heavy atom. The van der Waals surface area contributed by atoms with E-state index in [1.54, 1.807) is 0 Å². The lowest BCUT2D eigenvalue weighted by molar-refractivity contribution is -0.858. The monoisotopic (exact) mass is 286 g/mol. The molecule has 2 nitrogen and oxygen atoms in total. The first-order valence-electron chi connectivity index (χ1n) is 7.05. The van der Waals surface area contributed by atoms with Gasteiger partial charge in [0.05, 0.1) is 25.5 Å². The second kappa shape index (κ2) is 5.90. The number of quaternary nitrogens is 1. The summed E-state index contributed by atoms with van der Waals surface area (Å²) < 4.78 is 6.11. The van der Waals surface area contributed by atoms with Gasteiger partial charge in [-0.05, 0) is 18.2 Å². The summed E-state index contributed by atoms with van der Waals surface area (Å²) in [5.74, 6) is 1.98. The lowest BCUT2D eigenvalue weighted by atomic mass is 10.1. The zero-order valence-electron chi connectivity index (χ0n) is 11.9. The standard InChI is InChI=1S/C17H19NOS/c1-18(2)12-11-16-13-7-3-4-8-14(13)19-15-9-5-6-10-17(15)20-16/h3-10,16H,11-12H2,1-2H3/p+1/t16-/m0/s1. The van der Waals surface area contributed by atoms with Crippen molar-refractivity contribution in [2.24, 2.45) is 0 Å². The van der Waals surface area contributed by atoms with Gasteiger partial charge in [0.25, 0.3) is 0 Å². The van der Waals surface area contributed by atoms with Crippen molar-refractivity contribution in [2.75, 3.05) is 20.6 Å². The van der Waals surface area contributed by atoms with E-state index in [9.17, 15) is 0 Å². The molecule has 1 atom stereocenters. The van der Waals surface area contributed by atoms with Crippen molar-refractivity contribution in [1.29, 1.82) is 0 Å². The zero-order valence-corrected chi connectivity index (χ0v) is 12.7. The Balaban J connectivity index is 1.97. The summed E-state index contributed by atoms with van der Waals surface area (Å²) in [6, 6.07) is 16.8. The highest BCUT2D eigenvalue weighted by molar-refractivity contribution is 7.99. The minimum Gasteiger partial charge on any atom is -0.456 e. The van der Waals surface area contributed by atoms with Crippen LogP contribution < -0.4 is 9.64 Å². The maximum absolute atomic E-state index is 6.11. The Hall–Kier alpha value is -1.45. The molecule has 3 rings (SSSR count). The summed E-state index contributed by atoms with van der Waals surface area (Å²) in [6.07, 6.45) is 1.15. The van der Waals surface area contributed by atoms with Gasteiger partial charge in [-0.25, -0.2) is 0 Å². The minimum absolute atomic E-state index is 0.463. The molecule has 0 saturated carbocycles. The molecule has 0 bridgehead atoms. The molecule has 3 heteroatoms. The van der Waals surface area contributed by atoms with Crippen LogP contribution in [0, 0.1) is 0 Å². The van der Waals surface area contributed by atoms with Crippen LogP contribution in [0.15, 0.2) is 53.4 Å². The fourth-order valence-electron chi connectivity index (χ4n) is 2.44. The van der Waals surface area contributed by atoms with Crippen LogP contribution in [0.25, 0.3) is 0 Å². The summed E-state index contributed by atoms with van der Waals surface area (Å²) in [5, 5.41) is 0.463. The maximum Gasteiger partial charge on any atom is 0.141 e. The summed E-state index contributed by atoms with van der Waals surface area (Å²) in [4.78, 5) is 2.73. The van der Waals surface area contributed by atoms with Crippen LogP contribution in [0.5, 0.6) is 11.5 Å². The fourth-order valence-corrected chi connectivity index (χ4v) is 3.69. The molecule has 0 radical (unpaired) electrons. The van der Waals surface area contributed by atoms with Crippen molar-refractivity contribution < 1.29 is 9.64 Å². The summed E-state index contributed by atoms with van der Waals surface area (Å²) in [7, 11) is 4.41. The van der Waals surface area contributed by atoms with Gasteiger partial charge in [-0.1, -0.05) is 30.3 Å². The molecule has 1 aliphatic heterocycles. The van der Waals surface area contributed by atoms with Crippen LogP contribution in [0.4, 0.5) is 0 Å². The number of fused-ring (bicyclic) bond motifs is 2. The van der Waals surface area contributed by atoms with Crippen LogP contribution in [-0.4, -0.2) is 20.6 Å². The number of rotatable bonds is 3. The van der Waals surface area contributed by atoms with Crippen LogP contribution in [0.1, 0.15) is 17.2 Å². The van der Waals surface area contributed by atoms with Crippen molar-refractivity contribution in [3.63, 3.8) is 0 Å². The Labute approximate surface area is 124 Å². The molecule has 0 aliphatic carbocycles. The third kappa shape index (κ3) is 2.84. The number of ether oxygens (including phenoxy) is 1. The van der Waals surface area contributed by atoms with Gasteiger partial charge < -0.3 is 9.64 Å². The van der Waals surface area contributed by atoms with E-state index in [0.29, 0.717) is 5.25 Å². The molecule has 2 aromatic rings. The van der Waals surface area contributed by atoms with Crippen molar-refractivity contribution >= 4 is 11.8 Å². The highest BCUT2D eigenvalue weighted by Gasteiger charge is 2.24. The minimum atomic E-state index is 0.463. The van der Waals surface area contributed by atoms with Crippen molar-refractivity contribution in [1.82, 2.24) is 0 Å². The van der Waals surface area contributed by atoms with Crippen LogP contribution in [-0.2, 0) is 0 Å². The van der Waals surface area contributed by atoms with Crippen LogP contribution >= 0.6 is 11.8 Å². The molecule has 1 N–H and O–H groups in total. The predicted octanol–water partition coefficient (Wildman–Crippen LogP) is 3.16. The molecule has 20 heavy (non-hydrogen) atoms. The summed E-state index contributed by atoms with van der Waals surface area (Å²) >= 11 is 1.92. The van der Waals surface area contributed by atoms with Gasteiger partial charge in [-0.2, -0.15) is 0 Å². The van der Waals surface area contributed by atoms with E-state index in [1.807, 2.05) is 23.9 Å².